The third kappa shape index (κ3) is 4.27. The second-order valence-corrected chi connectivity index (χ2v) is 6.09. The standard InChI is InChI=1S/C18H22N6O2/c1-13-9-15(21-23(13)3)10-19-18(25)14(2)24-11-16(20-22-24)12-26-17-7-5-4-6-8-17/h4-9,11,14H,10,12H2,1-3H3,(H,19,25). The van der Waals surface area contributed by atoms with Crippen molar-refractivity contribution >= 4 is 5.91 Å². The number of aryl methyl sites for hydroxylation is 2. The highest BCUT2D eigenvalue weighted by Crippen LogP contribution is 2.11. The summed E-state index contributed by atoms with van der Waals surface area (Å²) < 4.78 is 8.95. The summed E-state index contributed by atoms with van der Waals surface area (Å²) in [6.07, 6.45) is 1.72. The van der Waals surface area contributed by atoms with Crippen molar-refractivity contribution in [1.29, 1.82) is 0 Å². The topological polar surface area (TPSA) is 86.9 Å². The van der Waals surface area contributed by atoms with Crippen molar-refractivity contribution in [3.63, 3.8) is 0 Å². The lowest BCUT2D eigenvalue weighted by atomic mass is 10.3. The van der Waals surface area contributed by atoms with E-state index in [1.807, 2.05) is 50.4 Å². The van der Waals surface area contributed by atoms with Crippen molar-refractivity contribution in [2.75, 3.05) is 0 Å². The number of para-hydroxylation sites is 1. The largest absolute Gasteiger partial charge is 0.487 e. The lowest BCUT2D eigenvalue weighted by molar-refractivity contribution is -0.124. The second kappa shape index (κ2) is 7.81. The molecule has 8 heteroatoms. The van der Waals surface area contributed by atoms with Gasteiger partial charge >= 0.3 is 0 Å². The lowest BCUT2D eigenvalue weighted by Gasteiger charge is -2.11. The number of aromatic nitrogens is 5. The Kier molecular flexibility index (Phi) is 5.31. The number of carbonyl (C=O) groups excluding carboxylic acids is 1. The van der Waals surface area contributed by atoms with E-state index >= 15 is 0 Å². The average Bonchev–Trinajstić information content (AvgIpc) is 3.25. The molecule has 0 radical (unpaired) electrons. The van der Waals surface area contributed by atoms with Gasteiger partial charge in [-0.1, -0.05) is 23.4 Å². The molecule has 0 aliphatic heterocycles. The highest BCUT2D eigenvalue weighted by Gasteiger charge is 2.17. The SMILES string of the molecule is Cc1cc(CNC(=O)C(C)n2cc(COc3ccccc3)nn2)nn1C. The van der Waals surface area contributed by atoms with E-state index in [2.05, 4.69) is 20.7 Å². The monoisotopic (exact) mass is 354 g/mol. The molecule has 3 rings (SSSR count). The normalized spacial score (nSPS) is 12.0. The maximum Gasteiger partial charge on any atom is 0.244 e. The van der Waals surface area contributed by atoms with E-state index in [9.17, 15) is 4.79 Å². The van der Waals surface area contributed by atoms with Crippen molar-refractivity contribution in [3.8, 4) is 5.75 Å². The van der Waals surface area contributed by atoms with Crippen LogP contribution in [-0.2, 0) is 25.0 Å². The first-order valence-electron chi connectivity index (χ1n) is 8.38. The van der Waals surface area contributed by atoms with Crippen LogP contribution in [-0.4, -0.2) is 30.7 Å². The fourth-order valence-corrected chi connectivity index (χ4v) is 2.41. The van der Waals surface area contributed by atoms with Gasteiger partial charge < -0.3 is 10.1 Å². The molecule has 26 heavy (non-hydrogen) atoms. The quantitative estimate of drug-likeness (QED) is 0.699. The van der Waals surface area contributed by atoms with Crippen molar-refractivity contribution < 1.29 is 9.53 Å². The van der Waals surface area contributed by atoms with Gasteiger partial charge in [-0.3, -0.25) is 9.48 Å². The first-order chi connectivity index (χ1) is 12.5. The summed E-state index contributed by atoms with van der Waals surface area (Å²) in [4.78, 5) is 12.3. The van der Waals surface area contributed by atoms with Gasteiger partial charge in [0.15, 0.2) is 0 Å². The molecule has 2 heterocycles. The molecule has 2 aromatic heterocycles. The van der Waals surface area contributed by atoms with Crippen LogP contribution in [0.2, 0.25) is 0 Å². The molecule has 0 spiro atoms. The molecule has 1 amide bonds. The Bertz CT molecular complexity index is 851. The summed E-state index contributed by atoms with van der Waals surface area (Å²) in [5, 5.41) is 15.3. The molecule has 1 atom stereocenters. The van der Waals surface area contributed by atoms with Gasteiger partial charge in [0.1, 0.15) is 24.1 Å². The molecule has 0 aliphatic rings. The zero-order valence-corrected chi connectivity index (χ0v) is 15.1. The molecule has 0 fully saturated rings. The predicted molar refractivity (Wildman–Crippen MR) is 95.3 cm³/mol. The van der Waals surface area contributed by atoms with E-state index in [-0.39, 0.29) is 5.91 Å². The van der Waals surface area contributed by atoms with Crippen LogP contribution in [0.15, 0.2) is 42.6 Å². The molecule has 1 aromatic carbocycles. The molecule has 136 valence electrons. The molecule has 1 unspecified atom stereocenters. The highest BCUT2D eigenvalue weighted by atomic mass is 16.5. The first-order valence-corrected chi connectivity index (χ1v) is 8.38. The van der Waals surface area contributed by atoms with Crippen LogP contribution in [0.3, 0.4) is 0 Å². The predicted octanol–water partition coefficient (Wildman–Crippen LogP) is 1.78. The summed E-state index contributed by atoms with van der Waals surface area (Å²) in [5.74, 6) is 0.618. The summed E-state index contributed by atoms with van der Waals surface area (Å²) in [5.41, 5.74) is 2.52. The molecular weight excluding hydrogens is 332 g/mol. The molecule has 0 saturated heterocycles. The van der Waals surface area contributed by atoms with Crippen LogP contribution in [0.5, 0.6) is 5.75 Å². The van der Waals surface area contributed by atoms with Crippen LogP contribution < -0.4 is 10.1 Å². The van der Waals surface area contributed by atoms with Gasteiger partial charge in [0.2, 0.25) is 5.91 Å². The van der Waals surface area contributed by atoms with Gasteiger partial charge in [0.05, 0.1) is 18.4 Å². The van der Waals surface area contributed by atoms with Crippen molar-refractivity contribution in [2.24, 2.45) is 7.05 Å². The van der Waals surface area contributed by atoms with Crippen molar-refractivity contribution in [3.05, 3.63) is 59.7 Å². The molecular formula is C18H22N6O2. The minimum absolute atomic E-state index is 0.145. The van der Waals surface area contributed by atoms with Crippen LogP contribution in [0.1, 0.15) is 30.0 Å². The fourth-order valence-electron chi connectivity index (χ4n) is 2.41. The van der Waals surface area contributed by atoms with Crippen LogP contribution in [0.25, 0.3) is 0 Å². The van der Waals surface area contributed by atoms with Crippen LogP contribution in [0, 0.1) is 6.92 Å². The Balaban J connectivity index is 1.53. The van der Waals surface area contributed by atoms with Gasteiger partial charge in [-0.25, -0.2) is 4.68 Å². The Morgan fingerprint density at radius 3 is 2.73 bits per heavy atom. The van der Waals surface area contributed by atoms with Gasteiger partial charge in [-0.15, -0.1) is 5.10 Å². The maximum absolute atomic E-state index is 12.3. The minimum Gasteiger partial charge on any atom is -0.487 e. The Hall–Kier alpha value is -3.16. The molecule has 0 bridgehead atoms. The van der Waals surface area contributed by atoms with E-state index in [1.54, 1.807) is 17.8 Å². The third-order valence-corrected chi connectivity index (χ3v) is 4.07. The van der Waals surface area contributed by atoms with E-state index in [1.165, 1.54) is 4.68 Å². The van der Waals surface area contributed by atoms with Crippen molar-refractivity contribution in [1.82, 2.24) is 30.1 Å². The Labute approximate surface area is 151 Å². The van der Waals surface area contributed by atoms with Crippen LogP contribution >= 0.6 is 0 Å². The summed E-state index contributed by atoms with van der Waals surface area (Å²) >= 11 is 0. The number of amides is 1. The van der Waals surface area contributed by atoms with E-state index in [4.69, 9.17) is 4.74 Å². The van der Waals surface area contributed by atoms with Crippen LogP contribution in [0.4, 0.5) is 0 Å². The number of nitrogens with zero attached hydrogens (tertiary/aromatic N) is 5. The number of benzene rings is 1. The van der Waals surface area contributed by atoms with E-state index in [0.29, 0.717) is 18.8 Å². The molecule has 3 aromatic rings. The molecule has 8 nitrogen and oxygen atoms in total. The maximum atomic E-state index is 12.3. The van der Waals surface area contributed by atoms with Gasteiger partial charge in [0, 0.05) is 12.7 Å². The fraction of sp³-hybridized carbons (Fsp3) is 0.333. The Morgan fingerprint density at radius 1 is 1.27 bits per heavy atom. The number of hydrogen-bond acceptors (Lipinski definition) is 5. The highest BCUT2D eigenvalue weighted by molar-refractivity contribution is 5.79. The lowest BCUT2D eigenvalue weighted by Crippen LogP contribution is -2.31. The Morgan fingerprint density at radius 2 is 2.04 bits per heavy atom. The zero-order valence-electron chi connectivity index (χ0n) is 15.1. The molecule has 0 saturated carbocycles. The number of nitrogens with one attached hydrogen (secondary N) is 1. The second-order valence-electron chi connectivity index (χ2n) is 6.09. The van der Waals surface area contributed by atoms with Gasteiger partial charge in [-0.05, 0) is 32.0 Å². The number of rotatable bonds is 7. The average molecular weight is 354 g/mol. The molecule has 0 aliphatic carbocycles. The van der Waals surface area contributed by atoms with Crippen molar-refractivity contribution in [2.45, 2.75) is 33.0 Å². The number of ether oxygens (including phenoxy) is 1. The smallest absolute Gasteiger partial charge is 0.244 e. The molecule has 1 N–H and O–H groups in total. The summed E-state index contributed by atoms with van der Waals surface area (Å²) in [6.45, 7) is 4.42. The number of hydrogen-bond donors (Lipinski definition) is 1. The first kappa shape index (κ1) is 17.7. The minimum atomic E-state index is -0.474. The third-order valence-electron chi connectivity index (χ3n) is 4.07. The van der Waals surface area contributed by atoms with Gasteiger partial charge in [0.25, 0.3) is 0 Å². The number of carbonyl (C=O) groups is 1. The van der Waals surface area contributed by atoms with E-state index in [0.717, 1.165) is 17.1 Å². The summed E-state index contributed by atoms with van der Waals surface area (Å²) in [7, 11) is 1.87. The van der Waals surface area contributed by atoms with E-state index < -0.39 is 6.04 Å². The van der Waals surface area contributed by atoms with Gasteiger partial charge in [-0.2, -0.15) is 5.10 Å². The zero-order chi connectivity index (χ0) is 18.5. The summed E-state index contributed by atoms with van der Waals surface area (Å²) in [6, 6.07) is 11.0.